The van der Waals surface area contributed by atoms with Crippen LogP contribution in [0.25, 0.3) is 0 Å². The fourth-order valence-corrected chi connectivity index (χ4v) is 4.28. The minimum absolute atomic E-state index is 0.00325. The van der Waals surface area contributed by atoms with Gasteiger partial charge in [-0.15, -0.1) is 0 Å². The van der Waals surface area contributed by atoms with E-state index in [0.717, 1.165) is 36.3 Å². The molecule has 34 heavy (non-hydrogen) atoms. The van der Waals surface area contributed by atoms with E-state index in [9.17, 15) is 14.4 Å². The molecule has 1 amide bonds. The molecular weight excluding hydrogens is 450 g/mol. The summed E-state index contributed by atoms with van der Waals surface area (Å²) in [4.78, 5) is 40.1. The van der Waals surface area contributed by atoms with Crippen LogP contribution in [0.5, 0.6) is 0 Å². The van der Waals surface area contributed by atoms with Gasteiger partial charge in [-0.05, 0) is 64.3 Å². The van der Waals surface area contributed by atoms with Crippen molar-refractivity contribution in [3.8, 4) is 0 Å². The van der Waals surface area contributed by atoms with Gasteiger partial charge in [-0.1, -0.05) is 43.7 Å². The number of hydrogen-bond donors (Lipinski definition) is 2. The third-order valence-corrected chi connectivity index (χ3v) is 6.67. The highest BCUT2D eigenvalue weighted by molar-refractivity contribution is 7.99. The Hall–Kier alpha value is -1.90. The topological polar surface area (TPSA) is 102 Å². The molecule has 0 aliphatic heterocycles. The normalized spacial score (nSPS) is 13.7. The number of benzene rings is 1. The summed E-state index contributed by atoms with van der Waals surface area (Å²) in [5.41, 5.74) is 6.81. The van der Waals surface area contributed by atoms with Gasteiger partial charge in [0.2, 0.25) is 5.91 Å². The van der Waals surface area contributed by atoms with E-state index in [0.29, 0.717) is 32.5 Å². The molecule has 0 bridgehead atoms. The Morgan fingerprint density at radius 1 is 1.09 bits per heavy atom. The number of aryl methyl sites for hydroxylation is 1. The van der Waals surface area contributed by atoms with Crippen molar-refractivity contribution in [3.05, 3.63) is 35.9 Å². The molecule has 1 rings (SSSR count). The van der Waals surface area contributed by atoms with Crippen molar-refractivity contribution in [2.45, 2.75) is 77.9 Å². The molecule has 0 fully saturated rings. The first kappa shape index (κ1) is 30.1. The molecule has 3 atom stereocenters. The molecule has 0 radical (unpaired) electrons. The van der Waals surface area contributed by atoms with E-state index < -0.39 is 24.1 Å². The van der Waals surface area contributed by atoms with Crippen LogP contribution >= 0.6 is 11.8 Å². The van der Waals surface area contributed by atoms with Gasteiger partial charge < -0.3 is 15.4 Å². The van der Waals surface area contributed by atoms with Crippen molar-refractivity contribution < 1.29 is 19.1 Å². The number of esters is 1. The van der Waals surface area contributed by atoms with Crippen LogP contribution in [0.15, 0.2) is 30.3 Å². The Labute approximate surface area is 209 Å². The second-order valence-corrected chi connectivity index (χ2v) is 9.75. The van der Waals surface area contributed by atoms with E-state index in [1.54, 1.807) is 30.5 Å². The molecule has 1 aromatic carbocycles. The number of nitrogens with two attached hydrogens (primary N) is 1. The highest BCUT2D eigenvalue weighted by Gasteiger charge is 2.32. The number of hydrogen-bond acceptors (Lipinski definition) is 7. The number of Topliss-reactive ketones (excluding diaryl/α,β-unsaturated/α-hetero) is 1. The van der Waals surface area contributed by atoms with E-state index >= 15 is 0 Å². The second-order valence-electron chi connectivity index (χ2n) is 8.36. The monoisotopic (exact) mass is 493 g/mol. The minimum Gasteiger partial charge on any atom is -0.463 e. The predicted molar refractivity (Wildman–Crippen MR) is 140 cm³/mol. The average Bonchev–Trinajstić information content (AvgIpc) is 2.83. The molecule has 3 unspecified atom stereocenters. The van der Waals surface area contributed by atoms with Crippen molar-refractivity contribution in [1.82, 2.24) is 10.2 Å². The summed E-state index contributed by atoms with van der Waals surface area (Å²) in [5.74, 6) is 1.11. The zero-order valence-electron chi connectivity index (χ0n) is 21.3. The Bertz CT molecular complexity index is 732. The second kappa shape index (κ2) is 17.5. The SMILES string of the molecule is CCSCCOC(=O)C(C)N(CC)C(=O)C(CCCCN)NC(CCc1ccccc1)C(C)=O. The van der Waals surface area contributed by atoms with Gasteiger partial charge in [-0.2, -0.15) is 11.8 Å². The maximum atomic E-state index is 13.5. The highest BCUT2D eigenvalue weighted by atomic mass is 32.2. The molecule has 192 valence electrons. The lowest BCUT2D eigenvalue weighted by atomic mass is 9.99. The van der Waals surface area contributed by atoms with Crippen LogP contribution < -0.4 is 11.1 Å². The fraction of sp³-hybridized carbons (Fsp3) is 0.654. The summed E-state index contributed by atoms with van der Waals surface area (Å²) in [7, 11) is 0. The van der Waals surface area contributed by atoms with E-state index in [-0.39, 0.29) is 11.7 Å². The number of ketones is 1. The van der Waals surface area contributed by atoms with Crippen LogP contribution in [0.3, 0.4) is 0 Å². The number of nitrogens with one attached hydrogen (secondary N) is 1. The number of nitrogens with zero attached hydrogens (tertiary/aromatic N) is 1. The van der Waals surface area contributed by atoms with E-state index in [2.05, 4.69) is 12.2 Å². The third kappa shape index (κ3) is 11.0. The van der Waals surface area contributed by atoms with Crippen molar-refractivity contribution in [2.75, 3.05) is 31.2 Å². The van der Waals surface area contributed by atoms with Crippen LogP contribution in [0.4, 0.5) is 0 Å². The lowest BCUT2D eigenvalue weighted by Gasteiger charge is -2.32. The van der Waals surface area contributed by atoms with Gasteiger partial charge in [-0.25, -0.2) is 4.79 Å². The summed E-state index contributed by atoms with van der Waals surface area (Å²) in [6.45, 7) is 8.41. The van der Waals surface area contributed by atoms with Crippen LogP contribution in [-0.2, 0) is 25.5 Å². The molecule has 1 aromatic rings. The van der Waals surface area contributed by atoms with Crippen molar-refractivity contribution in [3.63, 3.8) is 0 Å². The summed E-state index contributed by atoms with van der Waals surface area (Å²) in [6.07, 6.45) is 3.43. The van der Waals surface area contributed by atoms with Gasteiger partial charge >= 0.3 is 5.97 Å². The highest BCUT2D eigenvalue weighted by Crippen LogP contribution is 2.13. The quantitative estimate of drug-likeness (QED) is 0.239. The van der Waals surface area contributed by atoms with E-state index in [1.807, 2.05) is 37.3 Å². The summed E-state index contributed by atoms with van der Waals surface area (Å²) >= 11 is 1.70. The van der Waals surface area contributed by atoms with Crippen LogP contribution in [-0.4, -0.2) is 71.9 Å². The van der Waals surface area contributed by atoms with Crippen molar-refractivity contribution in [1.29, 1.82) is 0 Å². The number of carbonyl (C=O) groups excluding carboxylic acids is 3. The minimum atomic E-state index is -0.692. The maximum absolute atomic E-state index is 13.5. The molecule has 0 saturated carbocycles. The van der Waals surface area contributed by atoms with Gasteiger partial charge in [0.05, 0.1) is 12.1 Å². The van der Waals surface area contributed by atoms with Crippen LogP contribution in [0.1, 0.15) is 58.9 Å². The van der Waals surface area contributed by atoms with Gasteiger partial charge in [0.15, 0.2) is 0 Å². The number of rotatable bonds is 18. The molecule has 0 aliphatic carbocycles. The van der Waals surface area contributed by atoms with Gasteiger partial charge in [0.25, 0.3) is 0 Å². The van der Waals surface area contributed by atoms with Crippen molar-refractivity contribution >= 4 is 29.4 Å². The first-order valence-electron chi connectivity index (χ1n) is 12.4. The molecule has 0 saturated heterocycles. The lowest BCUT2D eigenvalue weighted by Crippen LogP contribution is -2.55. The lowest BCUT2D eigenvalue weighted by molar-refractivity contribution is -0.154. The van der Waals surface area contributed by atoms with Crippen LogP contribution in [0, 0.1) is 0 Å². The number of thioether (sulfide) groups is 1. The zero-order chi connectivity index (χ0) is 25.3. The van der Waals surface area contributed by atoms with Gasteiger partial charge in [0, 0.05) is 12.3 Å². The number of likely N-dealkylation sites (N-methyl/N-ethyl adjacent to an activating group) is 1. The zero-order valence-corrected chi connectivity index (χ0v) is 22.1. The summed E-state index contributed by atoms with van der Waals surface area (Å²) < 4.78 is 5.38. The number of ether oxygens (including phenoxy) is 1. The van der Waals surface area contributed by atoms with Gasteiger partial charge in [0.1, 0.15) is 18.4 Å². The van der Waals surface area contributed by atoms with Crippen LogP contribution in [0.2, 0.25) is 0 Å². The number of carbonyl (C=O) groups is 3. The smallest absolute Gasteiger partial charge is 0.328 e. The van der Waals surface area contributed by atoms with Gasteiger partial charge in [-0.3, -0.25) is 14.9 Å². The molecule has 0 aromatic heterocycles. The molecule has 0 heterocycles. The first-order valence-corrected chi connectivity index (χ1v) is 13.6. The largest absolute Gasteiger partial charge is 0.463 e. The Morgan fingerprint density at radius 3 is 2.38 bits per heavy atom. The number of unbranched alkanes of at least 4 members (excludes halogenated alkanes) is 1. The summed E-state index contributed by atoms with van der Waals surface area (Å²) in [5, 5.41) is 3.31. The Morgan fingerprint density at radius 2 is 1.79 bits per heavy atom. The maximum Gasteiger partial charge on any atom is 0.328 e. The molecule has 0 spiro atoms. The average molecular weight is 494 g/mol. The Balaban J connectivity index is 2.90. The number of amides is 1. The summed E-state index contributed by atoms with van der Waals surface area (Å²) in [6, 6.07) is 8.28. The molecule has 8 heteroatoms. The fourth-order valence-electron chi connectivity index (χ4n) is 3.79. The molecule has 7 nitrogen and oxygen atoms in total. The standard InChI is InChI=1S/C26H43N3O4S/c1-5-29(20(3)26(32)33-18-19-34-6-2)25(31)24(14-10-11-17-27)28-23(21(4)30)16-15-22-12-8-7-9-13-22/h7-9,12-13,20,23-24,28H,5-6,10-11,14-19,27H2,1-4H3. The van der Waals surface area contributed by atoms with E-state index in [1.165, 1.54) is 0 Å². The molecular formula is C26H43N3O4S. The van der Waals surface area contributed by atoms with E-state index in [4.69, 9.17) is 10.5 Å². The first-order chi connectivity index (χ1) is 16.3. The molecule has 3 N–H and O–H groups in total. The molecule has 0 aliphatic rings. The Kier molecular flexibility index (Phi) is 15.5. The predicted octanol–water partition coefficient (Wildman–Crippen LogP) is 3.20. The van der Waals surface area contributed by atoms with Crippen molar-refractivity contribution in [2.24, 2.45) is 5.73 Å². The third-order valence-electron chi connectivity index (χ3n) is 5.81.